The van der Waals surface area contributed by atoms with Crippen molar-refractivity contribution in [3.63, 3.8) is 0 Å². The number of carboxylic acids is 1. The van der Waals surface area contributed by atoms with E-state index < -0.39 is 286 Å². The predicted molar refractivity (Wildman–Crippen MR) is 311 cm³/mol. The Morgan fingerprint density at radius 3 is 0.588 bits per heavy atom. The molecule has 0 aromatic heterocycles. The molecule has 0 spiro atoms. The average Bonchev–Trinajstić information content (AvgIpc) is 0.800. The van der Waals surface area contributed by atoms with Crippen molar-refractivity contribution in [2.45, 2.75) is 224 Å². The first kappa shape index (κ1) is 78.9. The molecule has 0 aromatic rings. The van der Waals surface area contributed by atoms with E-state index in [4.69, 9.17) is 34.2 Å². The van der Waals surface area contributed by atoms with Crippen LogP contribution in [0.1, 0.15) is 41.5 Å². The zero-order valence-electron chi connectivity index (χ0n) is 52.8. The second kappa shape index (κ2) is 34.1. The minimum Gasteiger partial charge on any atom is -0.479 e. The molecule has 0 radical (unpaired) electrons. The number of nitrogens with two attached hydrogens (primary N) is 1. The molecule has 43 heteroatoms. The van der Waals surface area contributed by atoms with Gasteiger partial charge in [0.25, 0.3) is 29.5 Å². The summed E-state index contributed by atoms with van der Waals surface area (Å²) in [5.74, 6) is -12.6. The highest BCUT2D eigenvalue weighted by Crippen LogP contribution is 2.29. The topological polar surface area (TPSA) is 682 Å². The van der Waals surface area contributed by atoms with Gasteiger partial charge in [0.2, 0.25) is 35.4 Å². The molecule has 97 heavy (non-hydrogen) atoms. The van der Waals surface area contributed by atoms with E-state index in [0.717, 1.165) is 41.5 Å². The molecule has 0 aliphatic carbocycles. The molecule has 6 aliphatic heterocycles. The van der Waals surface area contributed by atoms with Crippen molar-refractivity contribution in [2.75, 3.05) is 39.3 Å². The number of amides is 11. The van der Waals surface area contributed by atoms with Crippen LogP contribution in [0, 0.1) is 0 Å². The standard InChI is InChI=1S/C54H86N12O31/c1-13(67)61-25-37(79)31(73)19(7-55)92-43(25)49(85)56-8-20-32(74)38(80)26(62-14(2)68)44(93-20)50(86)57-9-21-33(75)39(81)27(63-15(3)69)45(94-21)51(87)58-10-22-34(76)40(82)28(64-16(4)70)46(95-22)52(88)59-11-23-35(77)41(83)29(65-17(5)71)47(96-23)53(89)60-12-24-36(78)42(84)30(66-18(6)72)48(97-24)54(90)91/h19-48,73-84H,7-12,55H2,1-6H3,(H,56,85)(H,57,86)(H,58,87)(H,59,88)(H,60,89)(H,61,67)(H,62,68)(H,63,69)(H,64,70)(H,65,71)(H,66,72)(H,90,91)/t19-,20-,21-,22-,23-,24-,25?,26?,27?,28?,29?,30?,31?,32?,33?,34?,35?,36?,37?,38?,39?,40?,41?,42?,43-,44-,45-,46-,47-,48?/m1/s1. The van der Waals surface area contributed by atoms with E-state index in [0.29, 0.717) is 0 Å². The lowest BCUT2D eigenvalue weighted by Crippen LogP contribution is -2.71. The monoisotopic (exact) mass is 1400 g/mol. The summed E-state index contributed by atoms with van der Waals surface area (Å²) in [5, 5.41) is 168. The van der Waals surface area contributed by atoms with Crippen molar-refractivity contribution in [2.24, 2.45) is 5.73 Å². The normalized spacial score (nSPS) is 39.6. The largest absolute Gasteiger partial charge is 0.479 e. The molecule has 19 unspecified atom stereocenters. The average molecular weight is 1400 g/mol. The maximum atomic E-state index is 14.2. The Labute approximate surface area is 549 Å². The third-order valence-corrected chi connectivity index (χ3v) is 16.9. The van der Waals surface area contributed by atoms with Gasteiger partial charge in [-0.25, -0.2) is 4.79 Å². The van der Waals surface area contributed by atoms with E-state index >= 15 is 0 Å². The highest BCUT2D eigenvalue weighted by Gasteiger charge is 2.55. The summed E-state index contributed by atoms with van der Waals surface area (Å²) in [6.07, 6.45) is -45.4. The molecule has 6 rings (SSSR count). The van der Waals surface area contributed by atoms with E-state index in [1.165, 1.54) is 0 Å². The smallest absolute Gasteiger partial charge is 0.335 e. The number of carboxylic acid groups (broad SMARTS) is 1. The zero-order chi connectivity index (χ0) is 72.5. The molecule has 30 atom stereocenters. The van der Waals surface area contributed by atoms with Crippen LogP contribution in [-0.2, 0) is 86.0 Å². The van der Waals surface area contributed by atoms with Gasteiger partial charge in [0.1, 0.15) is 104 Å². The molecule has 11 amide bonds. The highest BCUT2D eigenvalue weighted by molar-refractivity contribution is 5.87. The summed E-state index contributed by atoms with van der Waals surface area (Å²) in [5.41, 5.74) is 5.64. The van der Waals surface area contributed by atoms with Gasteiger partial charge in [-0.05, 0) is 0 Å². The molecule has 6 heterocycles. The van der Waals surface area contributed by atoms with E-state index in [2.05, 4.69) is 58.5 Å². The van der Waals surface area contributed by atoms with Crippen LogP contribution in [0.2, 0.25) is 0 Å². The van der Waals surface area contributed by atoms with Gasteiger partial charge in [0.05, 0.1) is 42.4 Å². The maximum Gasteiger partial charge on any atom is 0.335 e. The maximum absolute atomic E-state index is 14.2. The first-order valence-electron chi connectivity index (χ1n) is 30.4. The van der Waals surface area contributed by atoms with Crippen LogP contribution < -0.4 is 64.2 Å². The summed E-state index contributed by atoms with van der Waals surface area (Å²) in [6.45, 7) is 1.49. The second-order valence-electron chi connectivity index (χ2n) is 24.1. The lowest BCUT2D eigenvalue weighted by Gasteiger charge is -2.45. The molecular formula is C54H86N12O31. The molecule has 548 valence electrons. The number of hydrogen-bond acceptors (Lipinski definition) is 31. The molecule has 6 fully saturated rings. The van der Waals surface area contributed by atoms with Crippen molar-refractivity contribution < 1.29 is 152 Å². The Balaban J connectivity index is 1.13. The van der Waals surface area contributed by atoms with Gasteiger partial charge in [-0.2, -0.15) is 0 Å². The van der Waals surface area contributed by atoms with Crippen LogP contribution in [0.25, 0.3) is 0 Å². The van der Waals surface area contributed by atoms with Gasteiger partial charge in [0, 0.05) is 80.8 Å². The van der Waals surface area contributed by atoms with Crippen LogP contribution in [0.3, 0.4) is 0 Å². The van der Waals surface area contributed by atoms with Crippen molar-refractivity contribution in [1.82, 2.24) is 58.5 Å². The summed E-state index contributed by atoms with van der Waals surface area (Å²) in [6, 6.07) is -10.2. The predicted octanol–water partition coefficient (Wildman–Crippen LogP) is -17.4. The minimum atomic E-state index is -2.11. The number of aliphatic hydroxyl groups is 12. The number of carbonyl (C=O) groups is 12. The molecular weight excluding hydrogens is 1310 g/mol. The van der Waals surface area contributed by atoms with Gasteiger partial charge in [-0.15, -0.1) is 0 Å². The number of aliphatic hydroxyl groups excluding tert-OH is 12. The summed E-state index contributed by atoms with van der Waals surface area (Å²) < 4.78 is 34.3. The third-order valence-electron chi connectivity index (χ3n) is 16.9. The first-order chi connectivity index (χ1) is 45.4. The van der Waals surface area contributed by atoms with Gasteiger partial charge in [0.15, 0.2) is 36.6 Å². The van der Waals surface area contributed by atoms with Crippen LogP contribution in [0.5, 0.6) is 0 Å². The van der Waals surface area contributed by atoms with E-state index in [1.807, 2.05) is 0 Å². The molecule has 0 aromatic carbocycles. The third kappa shape index (κ3) is 19.0. The van der Waals surface area contributed by atoms with Crippen LogP contribution in [0.15, 0.2) is 0 Å². The van der Waals surface area contributed by atoms with Crippen molar-refractivity contribution in [3.05, 3.63) is 0 Å². The Morgan fingerprint density at radius 1 is 0.268 bits per heavy atom. The van der Waals surface area contributed by atoms with Crippen molar-refractivity contribution in [3.8, 4) is 0 Å². The van der Waals surface area contributed by atoms with Gasteiger partial charge < -0.3 is 159 Å². The number of rotatable bonds is 23. The quantitative estimate of drug-likeness (QED) is 0.0452. The van der Waals surface area contributed by atoms with Crippen LogP contribution in [-0.4, -0.2) is 359 Å². The lowest BCUT2D eigenvalue weighted by atomic mass is 9.90. The Hall–Kier alpha value is -7.12. The summed E-state index contributed by atoms with van der Waals surface area (Å²) in [7, 11) is 0. The fraction of sp³-hybridized carbons (Fsp3) is 0.778. The van der Waals surface area contributed by atoms with E-state index in [-0.39, 0.29) is 6.54 Å². The fourth-order valence-electron chi connectivity index (χ4n) is 12.0. The zero-order valence-corrected chi connectivity index (χ0v) is 52.8. The first-order valence-corrected chi connectivity index (χ1v) is 30.4. The fourth-order valence-corrected chi connectivity index (χ4v) is 12.0. The highest BCUT2D eigenvalue weighted by atomic mass is 16.6. The van der Waals surface area contributed by atoms with Gasteiger partial charge in [-0.3, -0.25) is 52.7 Å². The second-order valence-corrected chi connectivity index (χ2v) is 24.1. The van der Waals surface area contributed by atoms with Crippen molar-refractivity contribution >= 4 is 70.9 Å². The molecule has 6 saturated heterocycles. The molecule has 43 nitrogen and oxygen atoms in total. The molecule has 26 N–H and O–H groups in total. The molecule has 6 aliphatic rings. The number of carbonyl (C=O) groups excluding carboxylic acids is 11. The summed E-state index contributed by atoms with van der Waals surface area (Å²) in [4.78, 5) is 155. The lowest BCUT2D eigenvalue weighted by molar-refractivity contribution is -0.201. The van der Waals surface area contributed by atoms with Gasteiger partial charge >= 0.3 is 5.97 Å². The van der Waals surface area contributed by atoms with E-state index in [1.54, 1.807) is 0 Å². The molecule has 0 bridgehead atoms. The number of aliphatic carboxylic acids is 1. The SMILES string of the molecule is CC(=O)NC1C(C(=O)O)O[C@H](CNC(=O)[C@@H]2O[C@H](CNC(=O)[C@@H]3O[C@H](CNC(=O)[C@@H]4O[C@H](CNC(=O)[C@@H]5O[C@H](CNC(=O)[C@@H]6O[C@H](CN)C(O)C(O)C6NC(C)=O)C(O)C(O)C5NC(C)=O)C(O)C(O)C4NC(C)=O)C(O)C(O)C3NC(C)=O)C(O)C(O)C2NC(C)=O)C(O)C1O. The minimum absolute atomic E-state index is 0.385. The Bertz CT molecular complexity index is 2870. The van der Waals surface area contributed by atoms with Crippen LogP contribution >= 0.6 is 0 Å². The molecule has 0 saturated carbocycles. The number of hydrogen-bond donors (Lipinski definition) is 25. The van der Waals surface area contributed by atoms with Crippen molar-refractivity contribution in [1.29, 1.82) is 0 Å². The van der Waals surface area contributed by atoms with Gasteiger partial charge in [-0.1, -0.05) is 0 Å². The van der Waals surface area contributed by atoms with E-state index in [9.17, 15) is 124 Å². The van der Waals surface area contributed by atoms with Crippen LogP contribution in [0.4, 0.5) is 0 Å². The Kier molecular flexibility index (Phi) is 27.7. The Morgan fingerprint density at radius 2 is 0.423 bits per heavy atom. The number of ether oxygens (including phenoxy) is 6. The number of nitrogens with one attached hydrogen (secondary N) is 11. The summed E-state index contributed by atoms with van der Waals surface area (Å²) >= 11 is 0.